The van der Waals surface area contributed by atoms with Crippen LogP contribution in [0.5, 0.6) is 5.75 Å². The lowest BCUT2D eigenvalue weighted by Crippen LogP contribution is -2.32. The van der Waals surface area contributed by atoms with Gasteiger partial charge < -0.3 is 15.0 Å². The zero-order valence-electron chi connectivity index (χ0n) is 15.8. The van der Waals surface area contributed by atoms with Crippen molar-refractivity contribution in [1.82, 2.24) is 14.8 Å². The van der Waals surface area contributed by atoms with Crippen LogP contribution in [0.3, 0.4) is 0 Å². The molecule has 0 spiro atoms. The number of rotatable bonds is 6. The maximum Gasteiger partial charge on any atom is 0.218 e. The van der Waals surface area contributed by atoms with Crippen LogP contribution in [0, 0.1) is 5.92 Å². The lowest BCUT2D eigenvalue weighted by atomic mass is 10.00. The number of ether oxygens (including phenoxy) is 1. The molecule has 1 N–H and O–H groups in total. The number of methoxy groups -OCH3 is 1. The van der Waals surface area contributed by atoms with Crippen LogP contribution >= 0.6 is 11.3 Å². The van der Waals surface area contributed by atoms with Gasteiger partial charge in [-0.05, 0) is 43.0 Å². The number of nitrogens with one attached hydrogen (secondary N) is 1. The Morgan fingerprint density at radius 2 is 1.96 bits per heavy atom. The fourth-order valence-electron chi connectivity index (χ4n) is 3.31. The normalized spacial score (nSPS) is 15.1. The van der Waals surface area contributed by atoms with Crippen LogP contribution in [0.1, 0.15) is 25.5 Å². The molecule has 0 bridgehead atoms. The Bertz CT molecular complexity index is 882. The third-order valence-electron chi connectivity index (χ3n) is 5.04. The highest BCUT2D eigenvalue weighted by Gasteiger charge is 2.20. The first-order valence-electron chi connectivity index (χ1n) is 9.36. The maximum atomic E-state index is 5.29. The molecule has 1 aromatic carbocycles. The van der Waals surface area contributed by atoms with Gasteiger partial charge in [-0.25, -0.2) is 0 Å². The van der Waals surface area contributed by atoms with Gasteiger partial charge in [0.2, 0.25) is 10.3 Å². The summed E-state index contributed by atoms with van der Waals surface area (Å²) in [5.74, 6) is 1.66. The highest BCUT2D eigenvalue weighted by Crippen LogP contribution is 2.28. The van der Waals surface area contributed by atoms with Gasteiger partial charge in [-0.15, -0.1) is 10.2 Å². The Hall–Kier alpha value is -2.54. The van der Waals surface area contributed by atoms with Gasteiger partial charge in [-0.3, -0.25) is 4.57 Å². The molecule has 0 saturated carbocycles. The van der Waals surface area contributed by atoms with E-state index in [1.807, 2.05) is 36.5 Å². The summed E-state index contributed by atoms with van der Waals surface area (Å²) in [6.45, 7) is 5.18. The van der Waals surface area contributed by atoms with Crippen molar-refractivity contribution in [2.45, 2.75) is 26.3 Å². The lowest BCUT2D eigenvalue weighted by molar-refractivity contribution is 0.415. The molecular weight excluding hydrogens is 358 g/mol. The van der Waals surface area contributed by atoms with Crippen molar-refractivity contribution in [3.63, 3.8) is 0 Å². The van der Waals surface area contributed by atoms with Gasteiger partial charge in [0, 0.05) is 36.7 Å². The van der Waals surface area contributed by atoms with Crippen molar-refractivity contribution < 1.29 is 4.74 Å². The fraction of sp³-hybridized carbons (Fsp3) is 0.400. The highest BCUT2D eigenvalue weighted by molar-refractivity contribution is 7.17. The molecule has 1 aliphatic heterocycles. The summed E-state index contributed by atoms with van der Waals surface area (Å²) in [6.07, 6.45) is 4.51. The third kappa shape index (κ3) is 4.08. The first-order chi connectivity index (χ1) is 13.2. The smallest absolute Gasteiger partial charge is 0.218 e. The Morgan fingerprint density at radius 3 is 2.78 bits per heavy atom. The second-order valence-electron chi connectivity index (χ2n) is 6.99. The van der Waals surface area contributed by atoms with Crippen molar-refractivity contribution in [2.75, 3.05) is 30.4 Å². The Morgan fingerprint density at radius 1 is 1.15 bits per heavy atom. The van der Waals surface area contributed by atoms with Crippen LogP contribution in [0.15, 0.2) is 42.6 Å². The number of piperidine rings is 1. The van der Waals surface area contributed by atoms with E-state index in [2.05, 4.69) is 38.0 Å². The van der Waals surface area contributed by atoms with Crippen molar-refractivity contribution in [1.29, 1.82) is 0 Å². The van der Waals surface area contributed by atoms with Crippen LogP contribution in [0.2, 0.25) is 0 Å². The molecule has 1 saturated heterocycles. The van der Waals surface area contributed by atoms with Crippen molar-refractivity contribution in [3.8, 4) is 10.9 Å². The van der Waals surface area contributed by atoms with E-state index in [-0.39, 0.29) is 0 Å². The molecule has 1 aliphatic rings. The van der Waals surface area contributed by atoms with Crippen LogP contribution < -0.4 is 15.0 Å². The zero-order valence-corrected chi connectivity index (χ0v) is 16.6. The third-order valence-corrected chi connectivity index (χ3v) is 6.02. The maximum absolute atomic E-state index is 5.29. The van der Waals surface area contributed by atoms with Crippen LogP contribution in [0.4, 0.5) is 10.8 Å². The zero-order chi connectivity index (χ0) is 18.6. The Kier molecular flexibility index (Phi) is 5.29. The number of benzene rings is 1. The van der Waals surface area contributed by atoms with E-state index in [1.165, 1.54) is 12.8 Å². The van der Waals surface area contributed by atoms with Gasteiger partial charge in [0.1, 0.15) is 5.75 Å². The molecule has 1 fully saturated rings. The second-order valence-corrected chi connectivity index (χ2v) is 7.93. The van der Waals surface area contributed by atoms with E-state index >= 15 is 0 Å². The van der Waals surface area contributed by atoms with Crippen molar-refractivity contribution in [3.05, 3.63) is 48.3 Å². The summed E-state index contributed by atoms with van der Waals surface area (Å²) in [5.41, 5.74) is 2.18. The second kappa shape index (κ2) is 8.00. The Labute approximate surface area is 163 Å². The molecule has 0 amide bonds. The number of hydrogen-bond acceptors (Lipinski definition) is 6. The molecule has 2 aromatic heterocycles. The van der Waals surface area contributed by atoms with Gasteiger partial charge in [0.05, 0.1) is 13.7 Å². The minimum atomic E-state index is 0.705. The van der Waals surface area contributed by atoms with Crippen molar-refractivity contribution in [2.24, 2.45) is 5.92 Å². The number of anilines is 2. The summed E-state index contributed by atoms with van der Waals surface area (Å²) in [4.78, 5) is 2.36. The lowest BCUT2D eigenvalue weighted by Gasteiger charge is -2.29. The molecular formula is C20H25N5OS. The molecule has 7 heteroatoms. The van der Waals surface area contributed by atoms with Crippen LogP contribution in [-0.4, -0.2) is 35.0 Å². The quantitative estimate of drug-likeness (QED) is 0.692. The minimum Gasteiger partial charge on any atom is -0.497 e. The van der Waals surface area contributed by atoms with E-state index in [9.17, 15) is 0 Å². The molecule has 142 valence electrons. The summed E-state index contributed by atoms with van der Waals surface area (Å²) in [5, 5.41) is 14.3. The minimum absolute atomic E-state index is 0.705. The van der Waals surface area contributed by atoms with Crippen molar-refractivity contribution >= 4 is 22.2 Å². The fourth-order valence-corrected chi connectivity index (χ4v) is 4.22. The topological polar surface area (TPSA) is 55.2 Å². The first kappa shape index (κ1) is 17.9. The molecule has 3 heterocycles. The number of hydrogen-bond donors (Lipinski definition) is 1. The summed E-state index contributed by atoms with van der Waals surface area (Å²) < 4.78 is 7.40. The monoisotopic (exact) mass is 383 g/mol. The summed E-state index contributed by atoms with van der Waals surface area (Å²) in [6, 6.07) is 12.1. The predicted octanol–water partition coefficient (Wildman–Crippen LogP) is 4.19. The number of nitrogens with zero attached hydrogens (tertiary/aromatic N) is 4. The summed E-state index contributed by atoms with van der Waals surface area (Å²) in [7, 11) is 1.68. The van der Waals surface area contributed by atoms with E-state index in [0.29, 0.717) is 6.54 Å². The van der Waals surface area contributed by atoms with Gasteiger partial charge in [-0.2, -0.15) is 0 Å². The van der Waals surface area contributed by atoms with E-state index in [1.54, 1.807) is 18.4 Å². The van der Waals surface area contributed by atoms with E-state index in [4.69, 9.17) is 4.74 Å². The predicted molar refractivity (Wildman–Crippen MR) is 110 cm³/mol. The van der Waals surface area contributed by atoms with E-state index in [0.717, 1.165) is 46.4 Å². The molecule has 0 aliphatic carbocycles. The molecule has 6 nitrogen and oxygen atoms in total. The SMILES string of the molecule is COc1cccc(NCc2cccn2-c2nnc(N3CCC(C)CC3)s2)c1. The summed E-state index contributed by atoms with van der Waals surface area (Å²) >= 11 is 1.66. The van der Waals surface area contributed by atoms with Crippen LogP contribution in [-0.2, 0) is 6.54 Å². The average Bonchev–Trinajstić information content (AvgIpc) is 3.36. The largest absolute Gasteiger partial charge is 0.497 e. The van der Waals surface area contributed by atoms with Gasteiger partial charge >= 0.3 is 0 Å². The van der Waals surface area contributed by atoms with Gasteiger partial charge in [0.25, 0.3) is 0 Å². The molecule has 0 unspecified atom stereocenters. The molecule has 0 atom stereocenters. The molecule has 4 rings (SSSR count). The standard InChI is InChI=1S/C20H25N5OS/c1-15-8-11-24(12-9-15)19-22-23-20(27-19)25-10-4-6-17(25)14-21-16-5-3-7-18(13-16)26-2/h3-7,10,13,15,21H,8-9,11-12,14H2,1-2H3. The van der Waals surface area contributed by atoms with Crippen LogP contribution in [0.25, 0.3) is 5.13 Å². The highest BCUT2D eigenvalue weighted by atomic mass is 32.1. The molecule has 0 radical (unpaired) electrons. The van der Waals surface area contributed by atoms with E-state index < -0.39 is 0 Å². The molecule has 27 heavy (non-hydrogen) atoms. The number of aromatic nitrogens is 3. The first-order valence-corrected chi connectivity index (χ1v) is 10.2. The average molecular weight is 384 g/mol. The Balaban J connectivity index is 1.45. The van der Waals surface area contributed by atoms with Gasteiger partial charge in [-0.1, -0.05) is 24.3 Å². The molecule has 3 aromatic rings. The van der Waals surface area contributed by atoms with Gasteiger partial charge in [0.15, 0.2) is 0 Å².